The smallest absolute Gasteiger partial charge is 0.156 e. The first-order chi connectivity index (χ1) is 7.86. The first-order valence-electron chi connectivity index (χ1n) is 6.01. The van der Waals surface area contributed by atoms with Crippen LogP contribution in [0.3, 0.4) is 0 Å². The summed E-state index contributed by atoms with van der Waals surface area (Å²) in [5, 5.41) is 0. The van der Waals surface area contributed by atoms with Crippen LogP contribution in [0.1, 0.15) is 24.5 Å². The van der Waals surface area contributed by atoms with Gasteiger partial charge < -0.3 is 0 Å². The predicted octanol–water partition coefficient (Wildman–Crippen LogP) is 5.12. The SMILES string of the molecule is CCCc1ccc(/C(F)=C(\F)[Si](C)(C)C)cc1. The van der Waals surface area contributed by atoms with Crippen molar-refractivity contribution in [2.75, 3.05) is 0 Å². The van der Waals surface area contributed by atoms with E-state index < -0.39 is 19.4 Å². The summed E-state index contributed by atoms with van der Waals surface area (Å²) >= 11 is 0. The number of benzene rings is 1. The number of hydrogen-bond acceptors (Lipinski definition) is 0. The van der Waals surface area contributed by atoms with Crippen LogP contribution in [0.2, 0.25) is 19.6 Å². The quantitative estimate of drug-likeness (QED) is 0.654. The second-order valence-electron chi connectivity index (χ2n) is 5.32. The topological polar surface area (TPSA) is 0 Å². The molecule has 0 spiro atoms. The first-order valence-corrected chi connectivity index (χ1v) is 9.51. The molecular formula is C14H20F2Si. The van der Waals surface area contributed by atoms with Crippen molar-refractivity contribution in [2.24, 2.45) is 0 Å². The summed E-state index contributed by atoms with van der Waals surface area (Å²) in [6.07, 6.45) is 2.03. The Morgan fingerprint density at radius 3 is 2.00 bits per heavy atom. The maximum absolute atomic E-state index is 13.9. The molecule has 1 aromatic rings. The van der Waals surface area contributed by atoms with Gasteiger partial charge in [0, 0.05) is 5.56 Å². The average Bonchev–Trinajstić information content (AvgIpc) is 2.27. The minimum Gasteiger partial charge on any atom is -0.214 e. The summed E-state index contributed by atoms with van der Waals surface area (Å²) in [6, 6.07) is 7.08. The van der Waals surface area contributed by atoms with E-state index in [-0.39, 0.29) is 0 Å². The standard InChI is InChI=1S/C14H20F2Si/c1-5-6-11-7-9-12(10-8-11)13(15)14(16)17(2,3)4/h7-10H,5-6H2,1-4H3/b14-13-. The van der Waals surface area contributed by atoms with Crippen LogP contribution < -0.4 is 0 Å². The number of hydrogen-bond donors (Lipinski definition) is 0. The number of halogens is 2. The third-order valence-corrected chi connectivity index (χ3v) is 4.13. The van der Waals surface area contributed by atoms with Gasteiger partial charge in [0.25, 0.3) is 0 Å². The van der Waals surface area contributed by atoms with E-state index in [0.29, 0.717) is 5.56 Å². The van der Waals surface area contributed by atoms with Crippen LogP contribution >= 0.6 is 0 Å². The van der Waals surface area contributed by atoms with Gasteiger partial charge in [0.05, 0.1) is 0 Å². The van der Waals surface area contributed by atoms with Crippen LogP contribution in [0.25, 0.3) is 5.83 Å². The molecule has 0 saturated heterocycles. The maximum atomic E-state index is 13.9. The highest BCUT2D eigenvalue weighted by atomic mass is 28.3. The lowest BCUT2D eigenvalue weighted by atomic mass is 10.1. The molecule has 94 valence electrons. The maximum Gasteiger partial charge on any atom is 0.156 e. The van der Waals surface area contributed by atoms with Crippen LogP contribution in [-0.4, -0.2) is 8.07 Å². The molecule has 0 N–H and O–H groups in total. The van der Waals surface area contributed by atoms with Gasteiger partial charge in [0.1, 0.15) is 13.5 Å². The van der Waals surface area contributed by atoms with E-state index in [9.17, 15) is 8.78 Å². The van der Waals surface area contributed by atoms with Crippen molar-refractivity contribution >= 4 is 13.9 Å². The van der Waals surface area contributed by atoms with Crippen LogP contribution in [0.5, 0.6) is 0 Å². The van der Waals surface area contributed by atoms with E-state index in [4.69, 9.17) is 0 Å². The lowest BCUT2D eigenvalue weighted by Crippen LogP contribution is -2.22. The van der Waals surface area contributed by atoms with Crippen LogP contribution in [-0.2, 0) is 6.42 Å². The Hall–Kier alpha value is -0.963. The second-order valence-corrected chi connectivity index (χ2v) is 10.3. The van der Waals surface area contributed by atoms with Gasteiger partial charge in [-0.05, 0) is 12.0 Å². The molecule has 0 aliphatic rings. The Balaban J connectivity index is 3.01. The zero-order valence-corrected chi connectivity index (χ0v) is 12.0. The summed E-state index contributed by atoms with van der Waals surface area (Å²) < 4.78 is 27.7. The molecule has 0 aliphatic heterocycles. The highest BCUT2D eigenvalue weighted by Gasteiger charge is 2.25. The molecular weight excluding hydrogens is 234 g/mol. The van der Waals surface area contributed by atoms with Gasteiger partial charge in [-0.3, -0.25) is 0 Å². The average molecular weight is 254 g/mol. The Kier molecular flexibility index (Phi) is 4.63. The van der Waals surface area contributed by atoms with Gasteiger partial charge >= 0.3 is 0 Å². The molecule has 0 fully saturated rings. The Labute approximate surface area is 103 Å². The molecule has 0 unspecified atom stereocenters. The molecule has 1 aromatic carbocycles. The molecule has 1 rings (SSSR count). The van der Waals surface area contributed by atoms with Crippen LogP contribution in [0, 0.1) is 0 Å². The van der Waals surface area contributed by atoms with Gasteiger partial charge in [0.15, 0.2) is 5.83 Å². The molecule has 0 heterocycles. The molecule has 0 nitrogen and oxygen atoms in total. The van der Waals surface area contributed by atoms with E-state index in [1.54, 1.807) is 31.8 Å². The Morgan fingerprint density at radius 1 is 1.06 bits per heavy atom. The monoisotopic (exact) mass is 254 g/mol. The highest BCUT2D eigenvalue weighted by molar-refractivity contribution is 6.83. The number of rotatable bonds is 4. The molecule has 0 radical (unpaired) electrons. The molecule has 0 amide bonds. The fraction of sp³-hybridized carbons (Fsp3) is 0.429. The van der Waals surface area contributed by atoms with Crippen LogP contribution in [0.15, 0.2) is 29.7 Å². The summed E-state index contributed by atoms with van der Waals surface area (Å²) in [5.74, 6) is -0.688. The molecule has 0 saturated carbocycles. The van der Waals surface area contributed by atoms with Crippen LogP contribution in [0.4, 0.5) is 8.78 Å². The third kappa shape index (κ3) is 3.77. The lowest BCUT2D eigenvalue weighted by Gasteiger charge is -2.14. The summed E-state index contributed by atoms with van der Waals surface area (Å²) in [6.45, 7) is 7.49. The molecule has 17 heavy (non-hydrogen) atoms. The van der Waals surface area contributed by atoms with Gasteiger partial charge in [-0.15, -0.1) is 0 Å². The van der Waals surface area contributed by atoms with Gasteiger partial charge in [0.2, 0.25) is 0 Å². The zero-order valence-electron chi connectivity index (χ0n) is 11.0. The highest BCUT2D eigenvalue weighted by Crippen LogP contribution is 2.28. The molecule has 0 aliphatic carbocycles. The fourth-order valence-corrected chi connectivity index (χ4v) is 2.37. The second kappa shape index (κ2) is 5.58. The number of aryl methyl sites for hydroxylation is 1. The van der Waals surface area contributed by atoms with E-state index >= 15 is 0 Å². The van der Waals surface area contributed by atoms with Crippen molar-refractivity contribution in [2.45, 2.75) is 39.4 Å². The fourth-order valence-electron chi connectivity index (χ4n) is 1.56. The van der Waals surface area contributed by atoms with Crippen molar-refractivity contribution in [3.8, 4) is 0 Å². The summed E-state index contributed by atoms with van der Waals surface area (Å²) in [7, 11) is -2.20. The van der Waals surface area contributed by atoms with Crippen molar-refractivity contribution < 1.29 is 8.78 Å². The zero-order chi connectivity index (χ0) is 13.1. The molecule has 0 bridgehead atoms. The Bertz CT molecular complexity index is 399. The van der Waals surface area contributed by atoms with Gasteiger partial charge in [-0.1, -0.05) is 57.3 Å². The normalized spacial score (nSPS) is 13.5. The summed E-state index contributed by atoms with van der Waals surface area (Å²) in [4.78, 5) is 0. The predicted molar refractivity (Wildman–Crippen MR) is 72.9 cm³/mol. The van der Waals surface area contributed by atoms with Crippen molar-refractivity contribution in [1.82, 2.24) is 0 Å². The van der Waals surface area contributed by atoms with E-state index in [1.165, 1.54) is 0 Å². The van der Waals surface area contributed by atoms with Gasteiger partial charge in [-0.25, -0.2) is 8.78 Å². The molecule has 0 atom stereocenters. The minimum atomic E-state index is -2.20. The van der Waals surface area contributed by atoms with E-state index in [0.717, 1.165) is 18.4 Å². The first kappa shape index (κ1) is 14.1. The van der Waals surface area contributed by atoms with E-state index in [1.807, 2.05) is 12.1 Å². The van der Waals surface area contributed by atoms with E-state index in [2.05, 4.69) is 6.92 Å². The van der Waals surface area contributed by atoms with Crippen molar-refractivity contribution in [3.05, 3.63) is 40.8 Å². The lowest BCUT2D eigenvalue weighted by molar-refractivity contribution is 0.641. The minimum absolute atomic E-state index is 0.352. The Morgan fingerprint density at radius 2 is 1.59 bits per heavy atom. The largest absolute Gasteiger partial charge is 0.214 e. The third-order valence-electron chi connectivity index (χ3n) is 2.60. The molecule has 0 aromatic heterocycles. The van der Waals surface area contributed by atoms with Crippen molar-refractivity contribution in [1.29, 1.82) is 0 Å². The summed E-state index contributed by atoms with van der Waals surface area (Å²) in [5.41, 5.74) is 0.961. The molecule has 3 heteroatoms. The van der Waals surface area contributed by atoms with Crippen molar-refractivity contribution in [3.63, 3.8) is 0 Å². The van der Waals surface area contributed by atoms with Gasteiger partial charge in [-0.2, -0.15) is 0 Å².